The molecule has 0 amide bonds. The Morgan fingerprint density at radius 1 is 0.837 bits per heavy atom. The zero-order valence-corrected chi connectivity index (χ0v) is 31.3. The molecule has 0 unspecified atom stereocenters. The van der Waals surface area contributed by atoms with Crippen molar-refractivity contribution in [1.82, 2.24) is 0 Å². The fourth-order valence-electron chi connectivity index (χ4n) is 7.74. The molecule has 0 aromatic heterocycles. The summed E-state index contributed by atoms with van der Waals surface area (Å²) in [6, 6.07) is 0. The van der Waals surface area contributed by atoms with Gasteiger partial charge in [0, 0.05) is 38.4 Å². The molecular weight excluding hydrogens is 640 g/mol. The summed E-state index contributed by atoms with van der Waals surface area (Å²) in [5, 5.41) is 44.7. The molecule has 0 aromatic carbocycles. The lowest BCUT2D eigenvalue weighted by molar-refractivity contribution is -0.310. The number of ether oxygens (including phenoxy) is 7. The molecule has 0 aromatic rings. The van der Waals surface area contributed by atoms with Gasteiger partial charge >= 0.3 is 5.97 Å². The van der Waals surface area contributed by atoms with Gasteiger partial charge in [0.25, 0.3) is 0 Å². The third-order valence-electron chi connectivity index (χ3n) is 11.2. The minimum absolute atomic E-state index is 0.110. The summed E-state index contributed by atoms with van der Waals surface area (Å²) in [5.74, 6) is -4.46. The number of carbonyl (C=O) groups is 2. The van der Waals surface area contributed by atoms with Gasteiger partial charge in [-0.1, -0.05) is 39.8 Å². The van der Waals surface area contributed by atoms with Crippen molar-refractivity contribution in [2.45, 2.75) is 167 Å². The first kappa shape index (κ1) is 41.9. The monoisotopic (exact) mass is 702 g/mol. The van der Waals surface area contributed by atoms with Gasteiger partial charge in [0.1, 0.15) is 29.7 Å². The Labute approximate surface area is 291 Å². The third-order valence-corrected chi connectivity index (χ3v) is 11.2. The van der Waals surface area contributed by atoms with E-state index in [4.69, 9.17) is 33.2 Å². The number of esters is 1. The van der Waals surface area contributed by atoms with Gasteiger partial charge in [-0.05, 0) is 54.4 Å². The highest BCUT2D eigenvalue weighted by molar-refractivity contribution is 5.83. The number of aliphatic hydroxyl groups is 4. The van der Waals surface area contributed by atoms with Crippen LogP contribution >= 0.6 is 0 Å². The molecule has 13 nitrogen and oxygen atoms in total. The molecule has 2 fully saturated rings. The van der Waals surface area contributed by atoms with E-state index in [9.17, 15) is 30.0 Å². The van der Waals surface area contributed by atoms with Crippen LogP contribution in [0.1, 0.15) is 88.5 Å². The van der Waals surface area contributed by atoms with Crippen LogP contribution in [-0.2, 0) is 42.7 Å². The molecule has 0 radical (unpaired) electrons. The number of hydrogen-bond donors (Lipinski definition) is 4. The van der Waals surface area contributed by atoms with Crippen molar-refractivity contribution < 1.29 is 63.2 Å². The molecule has 0 aliphatic carbocycles. The number of rotatable bonds is 7. The van der Waals surface area contributed by atoms with Gasteiger partial charge < -0.3 is 53.6 Å². The Kier molecular flexibility index (Phi) is 14.1. The SMILES string of the molecule is CC[C@H]1OC(=O)[C@H](C)[C@@H](O[C@H]2C[C@@](C)(OC)[C@@H](O)[C@H](C)O2)[C@H](C)[C@@H](O[C@@H]2O[C@H](C)C=C[C@H]2O)[C@](C)(OC)C[C@@H](C)C(=O)[C@H](C)[C@@H](O)[C@]1(C)O. The van der Waals surface area contributed by atoms with Gasteiger partial charge in [0.05, 0.1) is 47.6 Å². The fourth-order valence-corrected chi connectivity index (χ4v) is 7.74. The van der Waals surface area contributed by atoms with Crippen molar-refractivity contribution in [2.24, 2.45) is 23.7 Å². The van der Waals surface area contributed by atoms with E-state index in [1.165, 1.54) is 21.1 Å². The average Bonchev–Trinajstić information content (AvgIpc) is 3.06. The van der Waals surface area contributed by atoms with Gasteiger partial charge in [-0.3, -0.25) is 9.59 Å². The molecule has 3 aliphatic rings. The van der Waals surface area contributed by atoms with Gasteiger partial charge in [0.15, 0.2) is 12.6 Å². The molecule has 0 spiro atoms. The summed E-state index contributed by atoms with van der Waals surface area (Å²) in [5.41, 5.74) is -4.22. The molecule has 4 N–H and O–H groups in total. The van der Waals surface area contributed by atoms with Crippen molar-refractivity contribution in [2.75, 3.05) is 14.2 Å². The minimum atomic E-state index is -1.96. The van der Waals surface area contributed by atoms with E-state index >= 15 is 0 Å². The van der Waals surface area contributed by atoms with E-state index < -0.39 is 102 Å². The standard InChI is InChI=1S/C36H62O13/c1-13-25-36(10,42)29(39)20(4)27(38)18(2)16-35(9,44-12)31(49-33-24(37)15-14-19(3)45-33)21(5)28(22(6)32(41)47-25)48-26-17-34(8,43-11)30(40)23(7)46-26/h14-15,18-26,28-31,33,37,39-40,42H,13,16-17H2,1-12H3/t18-,19-,20+,21+,22-,23+,24-,25-,26+,28+,29-,30+,31-,33+,34-,35-,36-/m1/s1. The van der Waals surface area contributed by atoms with Crippen molar-refractivity contribution >= 4 is 11.8 Å². The second kappa shape index (κ2) is 16.4. The molecule has 0 bridgehead atoms. The highest BCUT2D eigenvalue weighted by Gasteiger charge is 2.53. The summed E-state index contributed by atoms with van der Waals surface area (Å²) < 4.78 is 43.2. The molecule has 17 atom stereocenters. The molecule has 3 aliphatic heterocycles. The smallest absolute Gasteiger partial charge is 0.311 e. The van der Waals surface area contributed by atoms with Crippen LogP contribution in [-0.4, -0.2) is 125 Å². The van der Waals surface area contributed by atoms with Crippen LogP contribution in [0.3, 0.4) is 0 Å². The number of hydrogen-bond acceptors (Lipinski definition) is 13. The van der Waals surface area contributed by atoms with E-state index in [1.54, 1.807) is 60.6 Å². The Hall–Kier alpha value is -1.52. The topological polar surface area (TPSA) is 180 Å². The summed E-state index contributed by atoms with van der Waals surface area (Å²) in [7, 11) is 2.99. The van der Waals surface area contributed by atoms with E-state index in [0.717, 1.165) is 0 Å². The van der Waals surface area contributed by atoms with Crippen molar-refractivity contribution in [3.05, 3.63) is 12.2 Å². The Morgan fingerprint density at radius 3 is 2.02 bits per heavy atom. The van der Waals surface area contributed by atoms with E-state index in [1.807, 2.05) is 13.8 Å². The lowest BCUT2D eigenvalue weighted by Crippen LogP contribution is -2.60. The average molecular weight is 703 g/mol. The maximum absolute atomic E-state index is 14.1. The molecule has 2 saturated heterocycles. The molecular formula is C36H62O13. The number of cyclic esters (lactones) is 1. The van der Waals surface area contributed by atoms with Gasteiger partial charge in [-0.25, -0.2) is 0 Å². The lowest BCUT2D eigenvalue weighted by atomic mass is 9.74. The Balaban J connectivity index is 2.19. The molecule has 0 saturated carbocycles. The highest BCUT2D eigenvalue weighted by Crippen LogP contribution is 2.41. The summed E-state index contributed by atoms with van der Waals surface area (Å²) in [6.45, 7) is 16.8. The zero-order valence-electron chi connectivity index (χ0n) is 31.3. The number of carbonyl (C=O) groups excluding carboxylic acids is 2. The van der Waals surface area contributed by atoms with Crippen LogP contribution in [0.2, 0.25) is 0 Å². The number of Topliss-reactive ketones (excluding diaryl/α,β-unsaturated/α-hetero) is 1. The minimum Gasteiger partial charge on any atom is -0.459 e. The predicted molar refractivity (Wildman–Crippen MR) is 178 cm³/mol. The molecule has 3 heterocycles. The first-order valence-corrected chi connectivity index (χ1v) is 17.6. The first-order chi connectivity index (χ1) is 22.7. The van der Waals surface area contributed by atoms with Gasteiger partial charge in [-0.15, -0.1) is 0 Å². The summed E-state index contributed by atoms with van der Waals surface area (Å²) >= 11 is 0. The normalized spacial score (nSPS) is 49.3. The summed E-state index contributed by atoms with van der Waals surface area (Å²) in [4.78, 5) is 27.9. The highest BCUT2D eigenvalue weighted by atomic mass is 16.7. The quantitative estimate of drug-likeness (QED) is 0.225. The summed E-state index contributed by atoms with van der Waals surface area (Å²) in [6.07, 6.45) is -6.14. The number of aliphatic hydroxyl groups excluding tert-OH is 3. The number of methoxy groups -OCH3 is 2. The second-order valence-electron chi connectivity index (χ2n) is 15.1. The van der Waals surface area contributed by atoms with E-state index in [-0.39, 0.29) is 31.1 Å². The van der Waals surface area contributed by atoms with Crippen LogP contribution in [0.25, 0.3) is 0 Å². The Bertz CT molecular complexity index is 1150. The maximum Gasteiger partial charge on any atom is 0.311 e. The lowest BCUT2D eigenvalue weighted by Gasteiger charge is -2.49. The second-order valence-corrected chi connectivity index (χ2v) is 15.1. The van der Waals surface area contributed by atoms with Crippen LogP contribution in [0.5, 0.6) is 0 Å². The van der Waals surface area contributed by atoms with Gasteiger partial charge in [0.2, 0.25) is 0 Å². The van der Waals surface area contributed by atoms with Crippen LogP contribution in [0, 0.1) is 23.7 Å². The largest absolute Gasteiger partial charge is 0.459 e. The molecule has 284 valence electrons. The Morgan fingerprint density at radius 2 is 1.45 bits per heavy atom. The molecule has 3 rings (SSSR count). The van der Waals surface area contributed by atoms with Gasteiger partial charge in [-0.2, -0.15) is 0 Å². The van der Waals surface area contributed by atoms with Crippen LogP contribution < -0.4 is 0 Å². The predicted octanol–water partition coefficient (Wildman–Crippen LogP) is 2.68. The van der Waals surface area contributed by atoms with Crippen molar-refractivity contribution in [3.63, 3.8) is 0 Å². The van der Waals surface area contributed by atoms with Crippen molar-refractivity contribution in [3.8, 4) is 0 Å². The van der Waals surface area contributed by atoms with Crippen LogP contribution in [0.15, 0.2) is 12.2 Å². The number of ketones is 1. The van der Waals surface area contributed by atoms with Crippen molar-refractivity contribution in [1.29, 1.82) is 0 Å². The van der Waals surface area contributed by atoms with Crippen LogP contribution in [0.4, 0.5) is 0 Å². The molecule has 49 heavy (non-hydrogen) atoms. The van der Waals surface area contributed by atoms with E-state index in [2.05, 4.69) is 0 Å². The zero-order chi connectivity index (χ0) is 37.2. The maximum atomic E-state index is 14.1. The van der Waals surface area contributed by atoms with E-state index in [0.29, 0.717) is 0 Å². The third kappa shape index (κ3) is 8.93. The fraction of sp³-hybridized carbons (Fsp3) is 0.889. The molecule has 13 heteroatoms. The first-order valence-electron chi connectivity index (χ1n) is 17.6.